The fourth-order valence-corrected chi connectivity index (χ4v) is 0.454. The van der Waals surface area contributed by atoms with E-state index < -0.39 is 36.6 Å². The summed E-state index contributed by atoms with van der Waals surface area (Å²) in [6, 6.07) is 0. The molecule has 0 rings (SSSR count). The van der Waals surface area contributed by atoms with Gasteiger partial charge in [-0.15, -0.1) is 0 Å². The summed E-state index contributed by atoms with van der Waals surface area (Å²) in [5.41, 5.74) is 0. The average Bonchev–Trinajstić information content (AvgIpc) is 2.14. The van der Waals surface area contributed by atoms with E-state index in [1.807, 2.05) is 0 Å². The normalized spacial score (nSPS) is 17.2. The average molecular weight is 258 g/mol. The highest BCUT2D eigenvalue weighted by atomic mass is 19.4. The van der Waals surface area contributed by atoms with E-state index in [0.29, 0.717) is 0 Å². The number of hydrogen-bond acceptors (Lipinski definition) is 2. The third kappa shape index (κ3) is 2.83. The molecular formula is C6H2F8O2. The van der Waals surface area contributed by atoms with E-state index in [0.717, 1.165) is 0 Å². The number of halogens is 8. The maximum absolute atomic E-state index is 12.5. The number of esters is 1. The standard InChI is InChI=1S/C6H2F8O2/c7-1-2(8)3(15)16-5(11,4(9)10)6(12,13)14/h1,4H/b2-1-. The molecule has 0 saturated carbocycles. The van der Waals surface area contributed by atoms with Crippen molar-refractivity contribution >= 4 is 5.97 Å². The molecule has 0 aromatic heterocycles. The molecule has 0 aromatic carbocycles. The minimum absolute atomic E-state index is 1.16. The first kappa shape index (κ1) is 14.7. The predicted molar refractivity (Wildman–Crippen MR) is 32.3 cm³/mol. The Labute approximate surface area is 82.5 Å². The highest BCUT2D eigenvalue weighted by Crippen LogP contribution is 2.40. The topological polar surface area (TPSA) is 26.3 Å². The summed E-state index contributed by atoms with van der Waals surface area (Å²) in [5.74, 6) is -11.1. The van der Waals surface area contributed by atoms with Gasteiger partial charge in [-0.2, -0.15) is 22.0 Å². The summed E-state index contributed by atoms with van der Waals surface area (Å²) in [7, 11) is 0. The molecule has 0 saturated heterocycles. The fraction of sp³-hybridized carbons (Fsp3) is 0.500. The van der Waals surface area contributed by atoms with E-state index in [1.165, 1.54) is 0 Å². The second-order valence-electron chi connectivity index (χ2n) is 2.29. The molecule has 0 N–H and O–H groups in total. The van der Waals surface area contributed by atoms with Crippen LogP contribution in [0.3, 0.4) is 0 Å². The number of alkyl halides is 6. The number of carbonyl (C=O) groups excluding carboxylic acids is 1. The van der Waals surface area contributed by atoms with E-state index in [4.69, 9.17) is 0 Å². The molecule has 0 radical (unpaired) electrons. The minimum atomic E-state index is -6.28. The Kier molecular flexibility index (Phi) is 4.27. The first-order valence-corrected chi connectivity index (χ1v) is 3.29. The lowest BCUT2D eigenvalue weighted by atomic mass is 10.3. The van der Waals surface area contributed by atoms with Crippen molar-refractivity contribution in [1.29, 1.82) is 0 Å². The monoisotopic (exact) mass is 258 g/mol. The zero-order valence-electron chi connectivity index (χ0n) is 6.99. The summed E-state index contributed by atoms with van der Waals surface area (Å²) in [6.07, 6.45) is -12.2. The van der Waals surface area contributed by atoms with E-state index in [2.05, 4.69) is 4.74 Å². The van der Waals surface area contributed by atoms with Gasteiger partial charge < -0.3 is 4.74 Å². The van der Waals surface area contributed by atoms with Gasteiger partial charge in [-0.1, -0.05) is 0 Å². The highest BCUT2D eigenvalue weighted by Gasteiger charge is 2.67. The van der Waals surface area contributed by atoms with Gasteiger partial charge in [-0.25, -0.2) is 18.0 Å². The Balaban J connectivity index is 5.07. The highest BCUT2D eigenvalue weighted by molar-refractivity contribution is 5.85. The maximum Gasteiger partial charge on any atom is 0.466 e. The Bertz CT molecular complexity index is 295. The lowest BCUT2D eigenvalue weighted by Gasteiger charge is -2.25. The SMILES string of the molecule is O=C(OC(F)(C(F)F)C(F)(F)F)/C(F)=C/F. The van der Waals surface area contributed by atoms with Crippen molar-refractivity contribution in [1.82, 2.24) is 0 Å². The van der Waals surface area contributed by atoms with Crippen LogP contribution >= 0.6 is 0 Å². The number of carbonyl (C=O) groups is 1. The molecule has 1 unspecified atom stereocenters. The summed E-state index contributed by atoms with van der Waals surface area (Å²) >= 11 is 0. The van der Waals surface area contributed by atoms with E-state index in [9.17, 15) is 39.9 Å². The van der Waals surface area contributed by atoms with Crippen LogP contribution in [0.2, 0.25) is 0 Å². The smallest absolute Gasteiger partial charge is 0.409 e. The van der Waals surface area contributed by atoms with Crippen molar-refractivity contribution in [3.05, 3.63) is 12.2 Å². The first-order chi connectivity index (χ1) is 7.06. The van der Waals surface area contributed by atoms with Crippen molar-refractivity contribution in [2.24, 2.45) is 0 Å². The third-order valence-electron chi connectivity index (χ3n) is 1.20. The summed E-state index contributed by atoms with van der Waals surface area (Å²) in [6.45, 7) is 0. The van der Waals surface area contributed by atoms with Crippen LogP contribution in [0.15, 0.2) is 12.2 Å². The van der Waals surface area contributed by atoms with Crippen LogP contribution in [0, 0.1) is 0 Å². The quantitative estimate of drug-likeness (QED) is 0.442. The largest absolute Gasteiger partial charge is 0.466 e. The van der Waals surface area contributed by atoms with Gasteiger partial charge in [0.25, 0.3) is 0 Å². The molecule has 0 fully saturated rings. The van der Waals surface area contributed by atoms with Crippen molar-refractivity contribution in [3.8, 4) is 0 Å². The van der Waals surface area contributed by atoms with Gasteiger partial charge in [0.1, 0.15) is 6.33 Å². The molecule has 0 aliphatic carbocycles. The van der Waals surface area contributed by atoms with Crippen molar-refractivity contribution in [2.45, 2.75) is 18.5 Å². The van der Waals surface area contributed by atoms with Crippen molar-refractivity contribution in [3.63, 3.8) is 0 Å². The third-order valence-corrected chi connectivity index (χ3v) is 1.20. The van der Waals surface area contributed by atoms with Gasteiger partial charge in [0.15, 0.2) is 0 Å². The molecule has 94 valence electrons. The van der Waals surface area contributed by atoms with E-state index in [-0.39, 0.29) is 0 Å². The summed E-state index contributed by atoms with van der Waals surface area (Å²) in [5, 5.41) is 0. The molecule has 0 spiro atoms. The fourth-order valence-electron chi connectivity index (χ4n) is 0.454. The molecule has 10 heteroatoms. The maximum atomic E-state index is 12.5. The molecular weight excluding hydrogens is 256 g/mol. The Morgan fingerprint density at radius 2 is 1.62 bits per heavy atom. The lowest BCUT2D eigenvalue weighted by molar-refractivity contribution is -0.355. The van der Waals surface area contributed by atoms with Crippen LogP contribution < -0.4 is 0 Å². The van der Waals surface area contributed by atoms with Crippen LogP contribution in [-0.2, 0) is 9.53 Å². The Morgan fingerprint density at radius 1 is 1.19 bits per heavy atom. The van der Waals surface area contributed by atoms with Gasteiger partial charge in [0.05, 0.1) is 0 Å². The van der Waals surface area contributed by atoms with Crippen molar-refractivity contribution in [2.75, 3.05) is 0 Å². The van der Waals surface area contributed by atoms with Crippen LogP contribution in [0.4, 0.5) is 35.1 Å². The lowest BCUT2D eigenvalue weighted by Crippen LogP contribution is -2.51. The second kappa shape index (κ2) is 4.66. The first-order valence-electron chi connectivity index (χ1n) is 3.29. The van der Waals surface area contributed by atoms with Crippen molar-refractivity contribution < 1.29 is 44.7 Å². The summed E-state index contributed by atoms with van der Waals surface area (Å²) < 4.78 is 96.9. The van der Waals surface area contributed by atoms with Crippen LogP contribution in [-0.4, -0.2) is 24.4 Å². The molecule has 0 heterocycles. The van der Waals surface area contributed by atoms with Gasteiger partial charge in [-0.05, 0) is 0 Å². The van der Waals surface area contributed by atoms with E-state index >= 15 is 0 Å². The molecule has 0 aromatic rings. The Hall–Kier alpha value is -1.35. The molecule has 2 nitrogen and oxygen atoms in total. The predicted octanol–water partition coefficient (Wildman–Crippen LogP) is 2.80. The van der Waals surface area contributed by atoms with Gasteiger partial charge in [0, 0.05) is 0 Å². The number of rotatable bonds is 3. The molecule has 0 bridgehead atoms. The minimum Gasteiger partial charge on any atom is -0.409 e. The van der Waals surface area contributed by atoms with Gasteiger partial charge >= 0.3 is 24.4 Å². The second-order valence-corrected chi connectivity index (χ2v) is 2.29. The number of hydrogen-bond donors (Lipinski definition) is 0. The molecule has 1 atom stereocenters. The zero-order chi connectivity index (χ0) is 13.1. The molecule has 0 aliphatic rings. The summed E-state index contributed by atoms with van der Waals surface area (Å²) in [4.78, 5) is 10.2. The number of ether oxygens (including phenoxy) is 1. The van der Waals surface area contributed by atoms with Gasteiger partial charge in [0.2, 0.25) is 5.83 Å². The molecule has 16 heavy (non-hydrogen) atoms. The van der Waals surface area contributed by atoms with E-state index in [1.54, 1.807) is 0 Å². The van der Waals surface area contributed by atoms with Crippen LogP contribution in [0.5, 0.6) is 0 Å². The van der Waals surface area contributed by atoms with Crippen LogP contribution in [0.1, 0.15) is 0 Å². The molecule has 0 amide bonds. The zero-order valence-corrected chi connectivity index (χ0v) is 6.99. The van der Waals surface area contributed by atoms with Crippen LogP contribution in [0.25, 0.3) is 0 Å². The Morgan fingerprint density at radius 3 is 1.88 bits per heavy atom. The van der Waals surface area contributed by atoms with Gasteiger partial charge in [-0.3, -0.25) is 0 Å². The molecule has 0 aliphatic heterocycles.